The van der Waals surface area contributed by atoms with Crippen LogP contribution in [0.4, 0.5) is 5.69 Å². The molecule has 0 aliphatic carbocycles. The molecule has 1 heterocycles. The van der Waals surface area contributed by atoms with Crippen molar-refractivity contribution >= 4 is 23.1 Å². The number of aliphatic hydroxyl groups excluding tert-OH is 1. The number of anilines is 1. The van der Waals surface area contributed by atoms with Gasteiger partial charge in [0.05, 0.1) is 24.8 Å². The van der Waals surface area contributed by atoms with Gasteiger partial charge < -0.3 is 14.6 Å². The molecular weight excluding hydrogens is 418 g/mol. The van der Waals surface area contributed by atoms with Crippen LogP contribution < -0.4 is 14.4 Å². The van der Waals surface area contributed by atoms with Gasteiger partial charge in [-0.05, 0) is 43.7 Å². The Kier molecular flexibility index (Phi) is 6.18. The molecule has 168 valence electrons. The summed E-state index contributed by atoms with van der Waals surface area (Å²) in [4.78, 5) is 27.8. The van der Waals surface area contributed by atoms with Crippen molar-refractivity contribution in [2.75, 3.05) is 12.0 Å². The maximum Gasteiger partial charge on any atom is 0.300 e. The van der Waals surface area contributed by atoms with Crippen LogP contribution in [-0.4, -0.2) is 30.0 Å². The van der Waals surface area contributed by atoms with Gasteiger partial charge in [-0.25, -0.2) is 0 Å². The summed E-state index contributed by atoms with van der Waals surface area (Å²) in [5, 5.41) is 11.1. The Balaban J connectivity index is 1.89. The minimum absolute atomic E-state index is 0.0105. The molecule has 3 aromatic carbocycles. The lowest BCUT2D eigenvalue weighted by molar-refractivity contribution is -0.132. The molecule has 1 N–H and O–H groups in total. The highest BCUT2D eigenvalue weighted by atomic mass is 16.5. The van der Waals surface area contributed by atoms with Crippen molar-refractivity contribution in [2.45, 2.75) is 26.0 Å². The van der Waals surface area contributed by atoms with Crippen LogP contribution in [0.25, 0.3) is 5.76 Å². The highest BCUT2D eigenvalue weighted by molar-refractivity contribution is 6.51. The topological polar surface area (TPSA) is 76.1 Å². The van der Waals surface area contributed by atoms with Gasteiger partial charge in [0.15, 0.2) is 0 Å². The zero-order valence-electron chi connectivity index (χ0n) is 18.7. The molecule has 1 unspecified atom stereocenters. The fourth-order valence-corrected chi connectivity index (χ4v) is 3.93. The Morgan fingerprint density at radius 3 is 2.24 bits per heavy atom. The predicted octanol–water partition coefficient (Wildman–Crippen LogP) is 5.11. The van der Waals surface area contributed by atoms with Gasteiger partial charge in [0.2, 0.25) is 0 Å². The molecule has 3 aromatic rings. The van der Waals surface area contributed by atoms with Gasteiger partial charge in [-0.15, -0.1) is 0 Å². The van der Waals surface area contributed by atoms with E-state index in [1.807, 2.05) is 19.9 Å². The maximum atomic E-state index is 13.2. The van der Waals surface area contributed by atoms with Gasteiger partial charge in [0.1, 0.15) is 17.3 Å². The normalized spacial score (nSPS) is 17.5. The average molecular weight is 443 g/mol. The van der Waals surface area contributed by atoms with Crippen LogP contribution in [0.3, 0.4) is 0 Å². The Labute approximate surface area is 192 Å². The molecule has 6 heteroatoms. The largest absolute Gasteiger partial charge is 0.507 e. The molecule has 0 bridgehead atoms. The van der Waals surface area contributed by atoms with Gasteiger partial charge >= 0.3 is 0 Å². The quantitative estimate of drug-likeness (QED) is 0.326. The van der Waals surface area contributed by atoms with E-state index in [2.05, 4.69) is 0 Å². The molecular formula is C27H25NO5. The Hall–Kier alpha value is -4.06. The van der Waals surface area contributed by atoms with Crippen molar-refractivity contribution in [1.29, 1.82) is 0 Å². The van der Waals surface area contributed by atoms with E-state index in [4.69, 9.17) is 9.47 Å². The third-order valence-corrected chi connectivity index (χ3v) is 5.39. The number of benzene rings is 3. The Morgan fingerprint density at radius 1 is 0.909 bits per heavy atom. The second kappa shape index (κ2) is 9.20. The number of ether oxygens (including phenoxy) is 2. The molecule has 0 aromatic heterocycles. The van der Waals surface area contributed by atoms with Crippen molar-refractivity contribution < 1.29 is 24.2 Å². The van der Waals surface area contributed by atoms with Crippen LogP contribution in [-0.2, 0) is 9.59 Å². The number of aliphatic hydroxyl groups is 1. The predicted molar refractivity (Wildman–Crippen MR) is 126 cm³/mol. The van der Waals surface area contributed by atoms with E-state index in [1.165, 1.54) is 12.0 Å². The number of rotatable bonds is 6. The lowest BCUT2D eigenvalue weighted by Crippen LogP contribution is -2.29. The third kappa shape index (κ3) is 4.32. The van der Waals surface area contributed by atoms with Crippen molar-refractivity contribution in [3.05, 3.63) is 95.6 Å². The minimum atomic E-state index is -0.814. The number of ketones is 1. The summed E-state index contributed by atoms with van der Waals surface area (Å²) >= 11 is 0. The molecule has 0 radical (unpaired) electrons. The number of hydrogen-bond acceptors (Lipinski definition) is 5. The molecule has 1 amide bonds. The second-order valence-electron chi connectivity index (χ2n) is 7.97. The molecule has 1 fully saturated rings. The van der Waals surface area contributed by atoms with Crippen LogP contribution in [0.15, 0.2) is 84.4 Å². The van der Waals surface area contributed by atoms with Gasteiger partial charge in [-0.3, -0.25) is 14.5 Å². The van der Waals surface area contributed by atoms with Crippen molar-refractivity contribution in [3.63, 3.8) is 0 Å². The first-order valence-electron chi connectivity index (χ1n) is 10.7. The number of hydrogen-bond donors (Lipinski definition) is 1. The summed E-state index contributed by atoms with van der Waals surface area (Å²) in [7, 11) is 1.54. The molecule has 4 rings (SSSR count). The molecule has 1 aliphatic heterocycles. The van der Waals surface area contributed by atoms with Crippen LogP contribution >= 0.6 is 0 Å². The van der Waals surface area contributed by atoms with E-state index in [0.29, 0.717) is 28.3 Å². The van der Waals surface area contributed by atoms with Crippen LogP contribution in [0.1, 0.15) is 31.0 Å². The molecule has 1 atom stereocenters. The lowest BCUT2D eigenvalue weighted by atomic mass is 9.95. The first kappa shape index (κ1) is 22.1. The van der Waals surface area contributed by atoms with E-state index >= 15 is 0 Å². The number of Topliss-reactive ketones (excluding diaryl/α,β-unsaturated/α-hetero) is 1. The summed E-state index contributed by atoms with van der Waals surface area (Å²) in [6.45, 7) is 3.87. The summed E-state index contributed by atoms with van der Waals surface area (Å²) in [6, 6.07) is 22.1. The van der Waals surface area contributed by atoms with Gasteiger partial charge in [-0.2, -0.15) is 0 Å². The standard InChI is InChI=1S/C27H25NO5/c1-17(2)33-21-14-12-18(13-15-21)24-23(25(29)19-8-5-4-6-9-19)26(30)27(31)28(24)20-10-7-11-22(16-20)32-3/h4-17,24,29H,1-3H3/b25-23+. The zero-order valence-corrected chi connectivity index (χ0v) is 18.7. The average Bonchev–Trinajstić information content (AvgIpc) is 3.09. The molecule has 1 saturated heterocycles. The summed E-state index contributed by atoms with van der Waals surface area (Å²) < 4.78 is 11.0. The third-order valence-electron chi connectivity index (χ3n) is 5.39. The Morgan fingerprint density at radius 2 is 1.61 bits per heavy atom. The van der Waals surface area contributed by atoms with Crippen LogP contribution in [0, 0.1) is 0 Å². The van der Waals surface area contributed by atoms with Gasteiger partial charge in [0.25, 0.3) is 11.7 Å². The van der Waals surface area contributed by atoms with Crippen LogP contribution in [0.5, 0.6) is 11.5 Å². The molecule has 33 heavy (non-hydrogen) atoms. The number of amides is 1. The number of nitrogens with zero attached hydrogens (tertiary/aromatic N) is 1. The van der Waals surface area contributed by atoms with E-state index in [0.717, 1.165) is 0 Å². The van der Waals surface area contributed by atoms with Crippen molar-refractivity contribution in [1.82, 2.24) is 0 Å². The molecule has 0 spiro atoms. The summed E-state index contributed by atoms with van der Waals surface area (Å²) in [5.74, 6) is -0.446. The van der Waals surface area contributed by atoms with E-state index in [1.54, 1.807) is 72.8 Å². The van der Waals surface area contributed by atoms with E-state index in [9.17, 15) is 14.7 Å². The number of carbonyl (C=O) groups excluding carboxylic acids is 2. The first-order valence-corrected chi connectivity index (χ1v) is 10.7. The highest BCUT2D eigenvalue weighted by Gasteiger charge is 2.47. The van der Waals surface area contributed by atoms with Crippen molar-refractivity contribution in [3.8, 4) is 11.5 Å². The number of methoxy groups -OCH3 is 1. The SMILES string of the molecule is COc1cccc(N2C(=O)C(=O)/C(=C(/O)c3ccccc3)C2c2ccc(OC(C)C)cc2)c1. The minimum Gasteiger partial charge on any atom is -0.507 e. The summed E-state index contributed by atoms with van der Waals surface area (Å²) in [5.41, 5.74) is 1.67. The first-order chi connectivity index (χ1) is 15.9. The fourth-order valence-electron chi connectivity index (χ4n) is 3.93. The zero-order chi connectivity index (χ0) is 23.5. The smallest absolute Gasteiger partial charge is 0.300 e. The second-order valence-corrected chi connectivity index (χ2v) is 7.97. The van der Waals surface area contributed by atoms with Crippen LogP contribution in [0.2, 0.25) is 0 Å². The van der Waals surface area contributed by atoms with Gasteiger partial charge in [0, 0.05) is 17.3 Å². The van der Waals surface area contributed by atoms with E-state index < -0.39 is 17.7 Å². The number of carbonyl (C=O) groups is 2. The monoisotopic (exact) mass is 443 g/mol. The molecule has 6 nitrogen and oxygen atoms in total. The lowest BCUT2D eigenvalue weighted by Gasteiger charge is -2.26. The summed E-state index contributed by atoms with van der Waals surface area (Å²) in [6.07, 6.45) is 0.0105. The van der Waals surface area contributed by atoms with E-state index in [-0.39, 0.29) is 17.4 Å². The Bertz CT molecular complexity index is 1200. The molecule has 1 aliphatic rings. The van der Waals surface area contributed by atoms with Crippen molar-refractivity contribution in [2.24, 2.45) is 0 Å². The maximum absolute atomic E-state index is 13.2. The highest BCUT2D eigenvalue weighted by Crippen LogP contribution is 2.43. The fraction of sp³-hybridized carbons (Fsp3) is 0.185. The molecule has 0 saturated carbocycles. The van der Waals surface area contributed by atoms with Gasteiger partial charge in [-0.1, -0.05) is 48.5 Å².